The van der Waals surface area contributed by atoms with E-state index in [0.29, 0.717) is 11.8 Å². The van der Waals surface area contributed by atoms with E-state index >= 15 is 0 Å². The summed E-state index contributed by atoms with van der Waals surface area (Å²) in [6.45, 7) is 5.41. The maximum atomic E-state index is 7.73. The van der Waals surface area contributed by atoms with Crippen LogP contribution in [0.1, 0.15) is 26.7 Å². The summed E-state index contributed by atoms with van der Waals surface area (Å²) in [6, 6.07) is 0. The summed E-state index contributed by atoms with van der Waals surface area (Å²) in [4.78, 5) is 2.09. The first-order chi connectivity index (χ1) is 5.11. The average molecular weight is 154 g/mol. The van der Waals surface area contributed by atoms with Gasteiger partial charge in [-0.15, -0.1) is 0 Å². The second-order valence-corrected chi connectivity index (χ2v) is 3.93. The fraction of sp³-hybridized carbons (Fsp3) is 0.889. The highest BCUT2D eigenvalue weighted by Crippen LogP contribution is 2.30. The molecule has 0 amide bonds. The number of hydrogen-bond donors (Lipinski definition) is 1. The molecular weight excluding hydrogens is 136 g/mol. The van der Waals surface area contributed by atoms with Crippen molar-refractivity contribution in [2.24, 2.45) is 11.8 Å². The van der Waals surface area contributed by atoms with Gasteiger partial charge >= 0.3 is 0 Å². The largest absolute Gasteiger partial charge is 0.363 e. The van der Waals surface area contributed by atoms with Crippen molar-refractivity contribution >= 4 is 5.84 Å². The highest BCUT2D eigenvalue weighted by Gasteiger charge is 2.28. The lowest BCUT2D eigenvalue weighted by atomic mass is 10.2. The van der Waals surface area contributed by atoms with Crippen LogP contribution in [0.3, 0.4) is 0 Å². The van der Waals surface area contributed by atoms with Gasteiger partial charge in [0.05, 0.1) is 5.84 Å². The Labute approximate surface area is 69.1 Å². The number of nitrogens with zero attached hydrogens (tertiary/aromatic N) is 1. The van der Waals surface area contributed by atoms with E-state index in [-0.39, 0.29) is 0 Å². The van der Waals surface area contributed by atoms with Gasteiger partial charge < -0.3 is 4.90 Å². The van der Waals surface area contributed by atoms with E-state index in [9.17, 15) is 0 Å². The van der Waals surface area contributed by atoms with Crippen molar-refractivity contribution in [3.05, 3.63) is 0 Å². The summed E-state index contributed by atoms with van der Waals surface area (Å²) in [5, 5.41) is 7.73. The molecule has 64 valence electrons. The zero-order valence-electron chi connectivity index (χ0n) is 7.72. The number of amidine groups is 1. The van der Waals surface area contributed by atoms with E-state index in [1.165, 1.54) is 12.8 Å². The fourth-order valence-corrected chi connectivity index (χ4v) is 1.31. The summed E-state index contributed by atoms with van der Waals surface area (Å²) in [5.41, 5.74) is 0. The minimum Gasteiger partial charge on any atom is -0.363 e. The van der Waals surface area contributed by atoms with Crippen molar-refractivity contribution in [2.45, 2.75) is 26.7 Å². The monoisotopic (exact) mass is 154 g/mol. The topological polar surface area (TPSA) is 27.1 Å². The predicted octanol–water partition coefficient (Wildman–Crippen LogP) is 1.96. The van der Waals surface area contributed by atoms with Gasteiger partial charge in [0.1, 0.15) is 0 Å². The molecule has 0 atom stereocenters. The van der Waals surface area contributed by atoms with Gasteiger partial charge in [0.2, 0.25) is 0 Å². The van der Waals surface area contributed by atoms with Gasteiger partial charge in [0.15, 0.2) is 0 Å². The molecule has 0 bridgehead atoms. The molecular formula is C9H18N2. The van der Waals surface area contributed by atoms with Crippen LogP contribution < -0.4 is 0 Å². The number of rotatable bonds is 3. The summed E-state index contributed by atoms with van der Waals surface area (Å²) >= 11 is 0. The molecule has 0 saturated heterocycles. The van der Waals surface area contributed by atoms with Crippen molar-refractivity contribution in [2.75, 3.05) is 13.6 Å². The van der Waals surface area contributed by atoms with Crippen LogP contribution in [-0.4, -0.2) is 24.3 Å². The standard InChI is InChI=1S/C9H18N2/c1-7(2)6-11(3)9(10)8-4-5-8/h7-8,10H,4-6H2,1-3H3. The summed E-state index contributed by atoms with van der Waals surface area (Å²) in [6.07, 6.45) is 2.47. The van der Waals surface area contributed by atoms with E-state index < -0.39 is 0 Å². The van der Waals surface area contributed by atoms with Gasteiger partial charge in [-0.2, -0.15) is 0 Å². The molecule has 1 aliphatic carbocycles. The first-order valence-corrected chi connectivity index (χ1v) is 4.41. The molecule has 0 spiro atoms. The molecule has 0 radical (unpaired) electrons. The number of hydrogen-bond acceptors (Lipinski definition) is 1. The van der Waals surface area contributed by atoms with Gasteiger partial charge in [0.25, 0.3) is 0 Å². The molecule has 1 rings (SSSR count). The van der Waals surface area contributed by atoms with Crippen molar-refractivity contribution in [3.8, 4) is 0 Å². The molecule has 0 aliphatic heterocycles. The molecule has 2 nitrogen and oxygen atoms in total. The molecule has 0 unspecified atom stereocenters. The molecule has 0 aromatic heterocycles. The van der Waals surface area contributed by atoms with Crippen LogP contribution in [0.25, 0.3) is 0 Å². The molecule has 1 saturated carbocycles. The molecule has 1 aliphatic rings. The maximum absolute atomic E-state index is 7.73. The molecule has 1 N–H and O–H groups in total. The Hall–Kier alpha value is -0.530. The second kappa shape index (κ2) is 3.24. The van der Waals surface area contributed by atoms with Crippen LogP contribution in [0.5, 0.6) is 0 Å². The summed E-state index contributed by atoms with van der Waals surface area (Å²) in [7, 11) is 2.03. The first kappa shape index (κ1) is 8.57. The SMILES string of the molecule is CC(C)CN(C)C(=N)C1CC1. The lowest BCUT2D eigenvalue weighted by molar-refractivity contribution is 0.413. The van der Waals surface area contributed by atoms with Crippen LogP contribution in [0, 0.1) is 17.2 Å². The zero-order chi connectivity index (χ0) is 8.43. The van der Waals surface area contributed by atoms with Crippen LogP contribution in [-0.2, 0) is 0 Å². The van der Waals surface area contributed by atoms with Crippen LogP contribution in [0.2, 0.25) is 0 Å². The smallest absolute Gasteiger partial charge is 0.0986 e. The normalized spacial score (nSPS) is 17.1. The average Bonchev–Trinajstić information content (AvgIpc) is 2.65. The minimum absolute atomic E-state index is 0.596. The predicted molar refractivity (Wildman–Crippen MR) is 47.9 cm³/mol. The molecule has 0 heterocycles. The second-order valence-electron chi connectivity index (χ2n) is 3.93. The summed E-state index contributed by atoms with van der Waals surface area (Å²) in [5.74, 6) is 2.11. The van der Waals surface area contributed by atoms with E-state index in [2.05, 4.69) is 18.7 Å². The maximum Gasteiger partial charge on any atom is 0.0986 e. The third-order valence-corrected chi connectivity index (χ3v) is 2.01. The van der Waals surface area contributed by atoms with E-state index in [4.69, 9.17) is 5.41 Å². The van der Waals surface area contributed by atoms with E-state index in [1.54, 1.807) is 0 Å². The number of nitrogens with one attached hydrogen (secondary N) is 1. The van der Waals surface area contributed by atoms with Gasteiger partial charge in [-0.3, -0.25) is 5.41 Å². The molecule has 2 heteroatoms. The molecule has 1 fully saturated rings. The van der Waals surface area contributed by atoms with Gasteiger partial charge in [-0.1, -0.05) is 13.8 Å². The van der Waals surface area contributed by atoms with Gasteiger partial charge in [-0.25, -0.2) is 0 Å². The molecule has 11 heavy (non-hydrogen) atoms. The zero-order valence-corrected chi connectivity index (χ0v) is 7.72. The third-order valence-electron chi connectivity index (χ3n) is 2.01. The Kier molecular flexibility index (Phi) is 2.53. The van der Waals surface area contributed by atoms with Gasteiger partial charge in [-0.05, 0) is 18.8 Å². The Morgan fingerprint density at radius 3 is 2.45 bits per heavy atom. The minimum atomic E-state index is 0.596. The highest BCUT2D eigenvalue weighted by atomic mass is 15.1. The lowest BCUT2D eigenvalue weighted by Gasteiger charge is -2.21. The van der Waals surface area contributed by atoms with E-state index in [1.807, 2.05) is 7.05 Å². The third kappa shape index (κ3) is 2.52. The fourth-order valence-electron chi connectivity index (χ4n) is 1.31. The van der Waals surface area contributed by atoms with Gasteiger partial charge in [0, 0.05) is 19.5 Å². The molecule has 0 aromatic rings. The Morgan fingerprint density at radius 2 is 2.09 bits per heavy atom. The first-order valence-electron chi connectivity index (χ1n) is 4.41. The quantitative estimate of drug-likeness (QED) is 0.488. The van der Waals surface area contributed by atoms with Crippen molar-refractivity contribution in [3.63, 3.8) is 0 Å². The Balaban J connectivity index is 2.27. The van der Waals surface area contributed by atoms with Crippen molar-refractivity contribution < 1.29 is 0 Å². The Bertz CT molecular complexity index is 148. The molecule has 0 aromatic carbocycles. The van der Waals surface area contributed by atoms with Crippen molar-refractivity contribution in [1.82, 2.24) is 4.90 Å². The van der Waals surface area contributed by atoms with Crippen LogP contribution in [0.15, 0.2) is 0 Å². The van der Waals surface area contributed by atoms with Crippen LogP contribution >= 0.6 is 0 Å². The lowest BCUT2D eigenvalue weighted by Crippen LogP contribution is -2.30. The summed E-state index contributed by atoms with van der Waals surface area (Å²) < 4.78 is 0. The van der Waals surface area contributed by atoms with E-state index in [0.717, 1.165) is 12.4 Å². The highest BCUT2D eigenvalue weighted by molar-refractivity contribution is 5.83. The van der Waals surface area contributed by atoms with Crippen molar-refractivity contribution in [1.29, 1.82) is 5.41 Å². The Morgan fingerprint density at radius 1 is 1.55 bits per heavy atom. The van der Waals surface area contributed by atoms with Crippen LogP contribution in [0.4, 0.5) is 0 Å².